The van der Waals surface area contributed by atoms with Gasteiger partial charge >= 0.3 is 6.18 Å². The molecule has 0 saturated carbocycles. The Labute approximate surface area is 155 Å². The molecule has 0 aliphatic carbocycles. The van der Waals surface area contributed by atoms with E-state index in [1.165, 1.54) is 16.8 Å². The molecule has 3 rings (SSSR count). The Morgan fingerprint density at radius 2 is 1.96 bits per heavy atom. The lowest BCUT2D eigenvalue weighted by molar-refractivity contribution is -0.141. The molecule has 0 fully saturated rings. The van der Waals surface area contributed by atoms with Crippen molar-refractivity contribution in [2.45, 2.75) is 18.0 Å². The summed E-state index contributed by atoms with van der Waals surface area (Å²) in [6, 6.07) is 2.38. The van der Waals surface area contributed by atoms with E-state index in [1.807, 2.05) is 0 Å². The fourth-order valence-electron chi connectivity index (χ4n) is 2.45. The third kappa shape index (κ3) is 3.20. The van der Waals surface area contributed by atoms with E-state index in [1.54, 1.807) is 14.0 Å². The fraction of sp³-hybridized carbons (Fsp3) is 0.267. The normalized spacial score (nSPS) is 14.5. The third-order valence-electron chi connectivity index (χ3n) is 3.85. The van der Waals surface area contributed by atoms with Crippen molar-refractivity contribution in [3.05, 3.63) is 34.7 Å². The second kappa shape index (κ2) is 6.31. The minimum atomic E-state index is -4.58. The largest absolute Gasteiger partial charge is 0.433 e. The SMILES string of the molecule is CCS(=N)(=O)c1cc(Br)cnc1-c1nc2cc(C(F)(F)F)ncc2n1C. The van der Waals surface area contributed by atoms with Gasteiger partial charge in [0.25, 0.3) is 0 Å². The number of aryl methyl sites for hydroxylation is 1. The second-order valence-electron chi connectivity index (χ2n) is 5.51. The molecule has 0 radical (unpaired) electrons. The summed E-state index contributed by atoms with van der Waals surface area (Å²) in [6.45, 7) is 1.62. The predicted octanol–water partition coefficient (Wildman–Crippen LogP) is 4.24. The summed E-state index contributed by atoms with van der Waals surface area (Å²) < 4.78 is 61.4. The van der Waals surface area contributed by atoms with Crippen molar-refractivity contribution in [3.8, 4) is 11.5 Å². The molecule has 6 nitrogen and oxygen atoms in total. The summed E-state index contributed by atoms with van der Waals surface area (Å²) >= 11 is 3.24. The number of imidazole rings is 1. The highest BCUT2D eigenvalue weighted by atomic mass is 79.9. The number of hydrogen-bond donors (Lipinski definition) is 1. The zero-order valence-electron chi connectivity index (χ0n) is 13.6. The molecule has 1 N–H and O–H groups in total. The minimum absolute atomic E-state index is 0.0713. The molecular formula is C15H13BrF3N5OS. The molecule has 0 spiro atoms. The van der Waals surface area contributed by atoms with Crippen LogP contribution in [0, 0.1) is 4.78 Å². The average molecular weight is 448 g/mol. The molecule has 0 aromatic carbocycles. The molecule has 11 heteroatoms. The van der Waals surface area contributed by atoms with Crippen LogP contribution < -0.4 is 0 Å². The van der Waals surface area contributed by atoms with Crippen molar-refractivity contribution in [1.29, 1.82) is 4.78 Å². The first-order chi connectivity index (χ1) is 12.0. The van der Waals surface area contributed by atoms with Crippen LogP contribution in [0.2, 0.25) is 0 Å². The number of nitrogens with zero attached hydrogens (tertiary/aromatic N) is 4. The number of nitrogens with one attached hydrogen (secondary N) is 1. The van der Waals surface area contributed by atoms with E-state index in [4.69, 9.17) is 4.78 Å². The number of fused-ring (bicyclic) bond motifs is 1. The Hall–Kier alpha value is -2.01. The summed E-state index contributed by atoms with van der Waals surface area (Å²) in [5, 5.41) is 0. The van der Waals surface area contributed by atoms with Crippen LogP contribution in [-0.4, -0.2) is 29.5 Å². The molecule has 1 atom stereocenters. The van der Waals surface area contributed by atoms with Gasteiger partial charge in [-0.3, -0.25) is 4.98 Å². The number of pyridine rings is 2. The Kier molecular flexibility index (Phi) is 4.55. The van der Waals surface area contributed by atoms with Crippen molar-refractivity contribution < 1.29 is 17.4 Å². The molecule has 3 heterocycles. The van der Waals surface area contributed by atoms with Gasteiger partial charge in [-0.2, -0.15) is 13.2 Å². The standard InChI is InChI=1S/C15H13BrF3N5OS/c1-3-26(20,25)11-4-8(16)6-22-13(11)14-23-9-5-12(15(17,18)19)21-7-10(9)24(14)2/h4-7,20H,3H2,1-2H3. The van der Waals surface area contributed by atoms with E-state index < -0.39 is 21.6 Å². The zero-order chi connectivity index (χ0) is 19.3. The molecule has 0 bridgehead atoms. The van der Waals surface area contributed by atoms with Crippen molar-refractivity contribution in [1.82, 2.24) is 19.5 Å². The molecule has 0 aliphatic rings. The van der Waals surface area contributed by atoms with E-state index in [-0.39, 0.29) is 27.7 Å². The van der Waals surface area contributed by atoms with Crippen LogP contribution in [-0.2, 0) is 23.0 Å². The summed E-state index contributed by atoms with van der Waals surface area (Å²) in [7, 11) is -1.52. The van der Waals surface area contributed by atoms with Gasteiger partial charge in [-0.25, -0.2) is 19.0 Å². The quantitative estimate of drug-likeness (QED) is 0.650. The lowest BCUT2D eigenvalue weighted by Crippen LogP contribution is -2.07. The number of halogens is 4. The van der Waals surface area contributed by atoms with Gasteiger partial charge < -0.3 is 4.57 Å². The van der Waals surface area contributed by atoms with Crippen molar-refractivity contribution in [2.24, 2.45) is 7.05 Å². The van der Waals surface area contributed by atoms with Crippen LogP contribution in [0.4, 0.5) is 13.2 Å². The molecule has 0 amide bonds. The first kappa shape index (κ1) is 18.8. The Balaban J connectivity index is 2.29. The highest BCUT2D eigenvalue weighted by Crippen LogP contribution is 2.33. The number of alkyl halides is 3. The van der Waals surface area contributed by atoms with E-state index in [0.29, 0.717) is 9.99 Å². The lowest BCUT2D eigenvalue weighted by Gasteiger charge is -2.11. The van der Waals surface area contributed by atoms with Gasteiger partial charge in [0, 0.05) is 23.5 Å². The Bertz CT molecular complexity index is 1110. The Morgan fingerprint density at radius 3 is 2.58 bits per heavy atom. The first-order valence-electron chi connectivity index (χ1n) is 7.36. The molecular weight excluding hydrogens is 435 g/mol. The minimum Gasteiger partial charge on any atom is -0.325 e. The van der Waals surface area contributed by atoms with Crippen LogP contribution in [0.15, 0.2) is 33.9 Å². The Morgan fingerprint density at radius 1 is 1.27 bits per heavy atom. The first-order valence-corrected chi connectivity index (χ1v) is 9.88. The molecule has 3 aromatic heterocycles. The number of rotatable bonds is 3. The molecule has 1 unspecified atom stereocenters. The van der Waals surface area contributed by atoms with Gasteiger partial charge in [-0.1, -0.05) is 6.92 Å². The van der Waals surface area contributed by atoms with Gasteiger partial charge in [0.15, 0.2) is 5.82 Å². The van der Waals surface area contributed by atoms with Gasteiger partial charge in [0.2, 0.25) is 0 Å². The summed E-state index contributed by atoms with van der Waals surface area (Å²) in [5.74, 6) is 0.291. The molecule has 3 aromatic rings. The van der Waals surface area contributed by atoms with Crippen LogP contribution in [0.3, 0.4) is 0 Å². The van der Waals surface area contributed by atoms with Crippen molar-refractivity contribution in [3.63, 3.8) is 0 Å². The maximum atomic E-state index is 12.9. The molecule has 138 valence electrons. The van der Waals surface area contributed by atoms with Gasteiger partial charge in [0.05, 0.1) is 31.9 Å². The highest BCUT2D eigenvalue weighted by molar-refractivity contribution is 9.10. The smallest absolute Gasteiger partial charge is 0.325 e. The van der Waals surface area contributed by atoms with Crippen molar-refractivity contribution in [2.75, 3.05) is 5.75 Å². The number of aromatic nitrogens is 4. The zero-order valence-corrected chi connectivity index (χ0v) is 16.0. The lowest BCUT2D eigenvalue weighted by atomic mass is 10.3. The summed E-state index contributed by atoms with van der Waals surface area (Å²) in [6.07, 6.45) is -2.03. The van der Waals surface area contributed by atoms with Crippen LogP contribution in [0.5, 0.6) is 0 Å². The second-order valence-corrected chi connectivity index (χ2v) is 8.80. The summed E-state index contributed by atoms with van der Waals surface area (Å²) in [5.41, 5.74) is -0.385. The van der Waals surface area contributed by atoms with Crippen LogP contribution in [0.25, 0.3) is 22.6 Å². The van der Waals surface area contributed by atoms with Gasteiger partial charge in [-0.05, 0) is 28.1 Å². The van der Waals surface area contributed by atoms with E-state index in [2.05, 4.69) is 30.9 Å². The van der Waals surface area contributed by atoms with E-state index >= 15 is 0 Å². The fourth-order valence-corrected chi connectivity index (χ4v) is 4.02. The van der Waals surface area contributed by atoms with Gasteiger partial charge in [0.1, 0.15) is 11.4 Å². The summed E-state index contributed by atoms with van der Waals surface area (Å²) in [4.78, 5) is 12.1. The maximum absolute atomic E-state index is 12.9. The highest BCUT2D eigenvalue weighted by Gasteiger charge is 2.33. The molecule has 0 saturated heterocycles. The van der Waals surface area contributed by atoms with Crippen molar-refractivity contribution >= 4 is 36.7 Å². The van der Waals surface area contributed by atoms with E-state index in [0.717, 1.165) is 12.3 Å². The topological polar surface area (TPSA) is 84.5 Å². The molecule has 26 heavy (non-hydrogen) atoms. The molecule has 0 aliphatic heterocycles. The van der Waals surface area contributed by atoms with Crippen LogP contribution in [0.1, 0.15) is 12.6 Å². The third-order valence-corrected chi connectivity index (χ3v) is 6.12. The predicted molar refractivity (Wildman–Crippen MR) is 94.1 cm³/mol. The average Bonchev–Trinajstić information content (AvgIpc) is 2.90. The van der Waals surface area contributed by atoms with E-state index in [9.17, 15) is 17.4 Å². The monoisotopic (exact) mass is 447 g/mol. The number of hydrogen-bond acceptors (Lipinski definition) is 5. The maximum Gasteiger partial charge on any atom is 0.433 e. The van der Waals surface area contributed by atoms with Gasteiger partial charge in [-0.15, -0.1) is 0 Å². The van der Waals surface area contributed by atoms with Crippen LogP contribution >= 0.6 is 15.9 Å².